The summed E-state index contributed by atoms with van der Waals surface area (Å²) in [5, 5.41) is 4.49. The van der Waals surface area contributed by atoms with E-state index >= 15 is 0 Å². The quantitative estimate of drug-likeness (QED) is 0.921. The number of aryl methyl sites for hydroxylation is 2. The van der Waals surface area contributed by atoms with Gasteiger partial charge in [-0.3, -0.25) is 9.48 Å². The number of carbonyl (C=O) groups excluding carboxylic acids is 1. The highest BCUT2D eigenvalue weighted by molar-refractivity contribution is 5.93. The number of hydrogen-bond acceptors (Lipinski definition) is 3. The van der Waals surface area contributed by atoms with Gasteiger partial charge in [-0.25, -0.2) is 0 Å². The Morgan fingerprint density at radius 1 is 1.38 bits per heavy atom. The van der Waals surface area contributed by atoms with Crippen molar-refractivity contribution in [2.75, 3.05) is 13.1 Å². The number of likely N-dealkylation sites (tertiary alicyclic amines) is 1. The normalized spacial score (nSPS) is 28.7. The second-order valence-corrected chi connectivity index (χ2v) is 6.42. The maximum atomic E-state index is 12.8. The molecule has 5 heteroatoms. The number of aromatic nitrogens is 2. The highest BCUT2D eigenvalue weighted by Gasteiger charge is 2.41. The Balaban J connectivity index is 1.78. The van der Waals surface area contributed by atoms with Gasteiger partial charge in [-0.2, -0.15) is 5.10 Å². The Labute approximate surface area is 126 Å². The zero-order chi connectivity index (χ0) is 15.0. The molecule has 1 saturated heterocycles. The summed E-state index contributed by atoms with van der Waals surface area (Å²) in [6.07, 6.45) is 4.39. The van der Waals surface area contributed by atoms with E-state index in [1.54, 1.807) is 0 Å². The lowest BCUT2D eigenvalue weighted by atomic mass is 9.78. The molecule has 5 nitrogen and oxygen atoms in total. The maximum Gasteiger partial charge on any atom is 0.272 e. The first kappa shape index (κ1) is 14.6. The molecule has 3 atom stereocenters. The molecule has 3 rings (SSSR count). The van der Waals surface area contributed by atoms with E-state index in [0.717, 1.165) is 43.9 Å². The lowest BCUT2D eigenvalue weighted by Crippen LogP contribution is -2.38. The summed E-state index contributed by atoms with van der Waals surface area (Å²) in [7, 11) is 0. The third-order valence-electron chi connectivity index (χ3n) is 5.15. The van der Waals surface area contributed by atoms with Gasteiger partial charge in [0, 0.05) is 25.7 Å². The predicted octanol–water partition coefficient (Wildman–Crippen LogP) is 1.66. The molecule has 21 heavy (non-hydrogen) atoms. The molecule has 1 aliphatic carbocycles. The van der Waals surface area contributed by atoms with Crippen molar-refractivity contribution in [3.05, 3.63) is 17.5 Å². The van der Waals surface area contributed by atoms with Crippen LogP contribution in [0.25, 0.3) is 0 Å². The second kappa shape index (κ2) is 5.79. The molecule has 1 saturated carbocycles. The molecule has 1 aromatic heterocycles. The molecule has 0 aromatic carbocycles. The van der Waals surface area contributed by atoms with Crippen LogP contribution in [0.15, 0.2) is 6.07 Å². The van der Waals surface area contributed by atoms with E-state index in [9.17, 15) is 4.79 Å². The van der Waals surface area contributed by atoms with Crippen LogP contribution in [0.1, 0.15) is 49.3 Å². The maximum absolute atomic E-state index is 12.8. The van der Waals surface area contributed by atoms with E-state index in [4.69, 9.17) is 5.73 Å². The molecular weight excluding hydrogens is 264 g/mol. The van der Waals surface area contributed by atoms with E-state index in [0.29, 0.717) is 11.8 Å². The molecule has 2 aliphatic rings. The Hall–Kier alpha value is -1.36. The van der Waals surface area contributed by atoms with E-state index in [2.05, 4.69) is 12.0 Å². The first-order chi connectivity index (χ1) is 10.1. The van der Waals surface area contributed by atoms with Crippen LogP contribution in [-0.4, -0.2) is 39.7 Å². The molecule has 0 spiro atoms. The van der Waals surface area contributed by atoms with Crippen molar-refractivity contribution in [2.45, 2.75) is 52.1 Å². The fraction of sp³-hybridized carbons (Fsp3) is 0.750. The minimum absolute atomic E-state index is 0.130. The van der Waals surface area contributed by atoms with E-state index in [1.807, 2.05) is 22.6 Å². The summed E-state index contributed by atoms with van der Waals surface area (Å²) in [5.41, 5.74) is 7.98. The number of fused-ring (bicyclic) bond motifs is 1. The summed E-state index contributed by atoms with van der Waals surface area (Å²) in [6, 6.07) is 2.22. The van der Waals surface area contributed by atoms with Gasteiger partial charge in [0.05, 0.1) is 5.69 Å². The first-order valence-corrected chi connectivity index (χ1v) is 8.25. The average Bonchev–Trinajstić information content (AvgIpc) is 3.11. The van der Waals surface area contributed by atoms with Crippen molar-refractivity contribution in [1.82, 2.24) is 14.7 Å². The smallest absolute Gasteiger partial charge is 0.272 e. The van der Waals surface area contributed by atoms with E-state index < -0.39 is 0 Å². The first-order valence-electron chi connectivity index (χ1n) is 8.25. The standard InChI is InChI=1S/C16H26N4O/c1-3-12-8-15(20(4-2)18-12)16(21)19-9-11-6-5-7-14(17)13(11)10-19/h8,11,13-14H,3-7,9-10,17H2,1-2H3. The number of rotatable bonds is 3. The third-order valence-corrected chi connectivity index (χ3v) is 5.15. The Morgan fingerprint density at radius 2 is 2.19 bits per heavy atom. The second-order valence-electron chi connectivity index (χ2n) is 6.42. The van der Waals surface area contributed by atoms with Crippen LogP contribution < -0.4 is 5.73 Å². The number of nitrogens with zero attached hydrogens (tertiary/aromatic N) is 3. The topological polar surface area (TPSA) is 64.2 Å². The summed E-state index contributed by atoms with van der Waals surface area (Å²) in [5.74, 6) is 1.22. The van der Waals surface area contributed by atoms with Gasteiger partial charge in [-0.05, 0) is 44.1 Å². The van der Waals surface area contributed by atoms with E-state index in [1.165, 1.54) is 12.8 Å². The van der Waals surface area contributed by atoms with Crippen molar-refractivity contribution in [3.8, 4) is 0 Å². The molecule has 0 radical (unpaired) electrons. The number of amides is 1. The Morgan fingerprint density at radius 3 is 2.86 bits per heavy atom. The highest BCUT2D eigenvalue weighted by Crippen LogP contribution is 2.36. The predicted molar refractivity (Wildman–Crippen MR) is 82.0 cm³/mol. The monoisotopic (exact) mass is 290 g/mol. The SMILES string of the molecule is CCc1cc(C(=O)N2CC3CCCC(N)C3C2)n(CC)n1. The van der Waals surface area contributed by atoms with Gasteiger partial charge in [0.2, 0.25) is 0 Å². The van der Waals surface area contributed by atoms with Crippen LogP contribution in [0, 0.1) is 11.8 Å². The summed E-state index contributed by atoms with van der Waals surface area (Å²) < 4.78 is 1.84. The third kappa shape index (κ3) is 2.59. The minimum atomic E-state index is 0.130. The fourth-order valence-corrected chi connectivity index (χ4v) is 3.90. The summed E-state index contributed by atoms with van der Waals surface area (Å²) in [6.45, 7) is 6.53. The zero-order valence-corrected chi connectivity index (χ0v) is 13.1. The molecule has 2 fully saturated rings. The molecular formula is C16H26N4O. The largest absolute Gasteiger partial charge is 0.337 e. The van der Waals surface area contributed by atoms with Crippen molar-refractivity contribution in [3.63, 3.8) is 0 Å². The molecule has 1 aliphatic heterocycles. The van der Waals surface area contributed by atoms with Gasteiger partial charge >= 0.3 is 0 Å². The summed E-state index contributed by atoms with van der Waals surface area (Å²) in [4.78, 5) is 14.8. The van der Waals surface area contributed by atoms with Gasteiger partial charge in [-0.15, -0.1) is 0 Å². The van der Waals surface area contributed by atoms with Crippen LogP contribution in [0.3, 0.4) is 0 Å². The fourth-order valence-electron chi connectivity index (χ4n) is 3.90. The lowest BCUT2D eigenvalue weighted by Gasteiger charge is -2.29. The molecule has 1 aromatic rings. The van der Waals surface area contributed by atoms with Crippen LogP contribution in [0.2, 0.25) is 0 Å². The zero-order valence-electron chi connectivity index (χ0n) is 13.1. The van der Waals surface area contributed by atoms with Crippen molar-refractivity contribution in [2.24, 2.45) is 17.6 Å². The Bertz CT molecular complexity index is 524. The van der Waals surface area contributed by atoms with Crippen molar-refractivity contribution >= 4 is 5.91 Å². The molecule has 0 bridgehead atoms. The molecule has 2 N–H and O–H groups in total. The van der Waals surface area contributed by atoms with E-state index in [-0.39, 0.29) is 11.9 Å². The molecule has 116 valence electrons. The van der Waals surface area contributed by atoms with Gasteiger partial charge in [0.15, 0.2) is 0 Å². The van der Waals surface area contributed by atoms with Crippen LogP contribution in [0.5, 0.6) is 0 Å². The lowest BCUT2D eigenvalue weighted by molar-refractivity contribution is 0.0771. The van der Waals surface area contributed by atoms with Gasteiger partial charge in [-0.1, -0.05) is 13.3 Å². The van der Waals surface area contributed by atoms with Crippen molar-refractivity contribution < 1.29 is 4.79 Å². The van der Waals surface area contributed by atoms with Gasteiger partial charge in [0.25, 0.3) is 5.91 Å². The van der Waals surface area contributed by atoms with Crippen LogP contribution in [-0.2, 0) is 13.0 Å². The van der Waals surface area contributed by atoms with Crippen molar-refractivity contribution in [1.29, 1.82) is 0 Å². The average molecular weight is 290 g/mol. The minimum Gasteiger partial charge on any atom is -0.337 e. The van der Waals surface area contributed by atoms with Gasteiger partial charge < -0.3 is 10.6 Å². The highest BCUT2D eigenvalue weighted by atomic mass is 16.2. The Kier molecular flexibility index (Phi) is 4.02. The van der Waals surface area contributed by atoms with Gasteiger partial charge in [0.1, 0.15) is 5.69 Å². The number of nitrogens with two attached hydrogens (primary N) is 1. The van der Waals surface area contributed by atoms with Crippen LogP contribution in [0.4, 0.5) is 0 Å². The molecule has 2 heterocycles. The molecule has 3 unspecified atom stereocenters. The summed E-state index contributed by atoms with van der Waals surface area (Å²) >= 11 is 0. The number of carbonyl (C=O) groups is 1. The molecule has 1 amide bonds. The number of hydrogen-bond donors (Lipinski definition) is 1. The van der Waals surface area contributed by atoms with Crippen LogP contribution >= 0.6 is 0 Å².